The Bertz CT molecular complexity index is 801. The van der Waals surface area contributed by atoms with Crippen molar-refractivity contribution >= 4 is 10.8 Å². The van der Waals surface area contributed by atoms with E-state index >= 15 is 0 Å². The van der Waals surface area contributed by atoms with Crippen molar-refractivity contribution in [2.24, 2.45) is 0 Å². The van der Waals surface area contributed by atoms with Gasteiger partial charge >= 0.3 is 0 Å². The number of hydrogen-bond donors (Lipinski definition) is 0. The molecule has 0 spiro atoms. The van der Waals surface area contributed by atoms with Crippen molar-refractivity contribution in [1.82, 2.24) is 4.98 Å². The SMILES string of the molecule is COc1nc(-c2ccc(C#N)cc2)cc2ccccc12. The minimum atomic E-state index is 0.613. The molecule has 3 aromatic rings. The third kappa shape index (κ3) is 2.08. The Labute approximate surface area is 117 Å². The largest absolute Gasteiger partial charge is 0.481 e. The summed E-state index contributed by atoms with van der Waals surface area (Å²) in [6, 6.07) is 19.5. The van der Waals surface area contributed by atoms with Gasteiger partial charge in [0, 0.05) is 10.9 Å². The summed E-state index contributed by atoms with van der Waals surface area (Å²) in [5, 5.41) is 10.9. The number of fused-ring (bicyclic) bond motifs is 1. The fraction of sp³-hybridized carbons (Fsp3) is 0.0588. The quantitative estimate of drug-likeness (QED) is 0.704. The van der Waals surface area contributed by atoms with Crippen LogP contribution in [0.4, 0.5) is 0 Å². The molecule has 3 heteroatoms. The molecule has 0 aliphatic heterocycles. The molecule has 0 unspecified atom stereocenters. The van der Waals surface area contributed by atoms with Crippen LogP contribution < -0.4 is 4.74 Å². The molecule has 0 radical (unpaired) electrons. The second kappa shape index (κ2) is 5.02. The maximum Gasteiger partial charge on any atom is 0.221 e. The Morgan fingerprint density at radius 1 is 1.05 bits per heavy atom. The van der Waals surface area contributed by atoms with Gasteiger partial charge in [-0.15, -0.1) is 0 Å². The van der Waals surface area contributed by atoms with Gasteiger partial charge in [0.15, 0.2) is 0 Å². The van der Waals surface area contributed by atoms with E-state index in [4.69, 9.17) is 10.00 Å². The molecule has 0 atom stereocenters. The highest BCUT2D eigenvalue weighted by atomic mass is 16.5. The maximum atomic E-state index is 8.84. The number of ether oxygens (including phenoxy) is 1. The highest BCUT2D eigenvalue weighted by molar-refractivity contribution is 5.90. The van der Waals surface area contributed by atoms with E-state index in [0.29, 0.717) is 11.4 Å². The monoisotopic (exact) mass is 260 g/mol. The van der Waals surface area contributed by atoms with Crippen LogP contribution >= 0.6 is 0 Å². The molecule has 0 bridgehead atoms. The van der Waals surface area contributed by atoms with Crippen molar-refractivity contribution < 1.29 is 4.74 Å². The van der Waals surface area contributed by atoms with E-state index in [2.05, 4.69) is 11.1 Å². The van der Waals surface area contributed by atoms with Gasteiger partial charge in [0.1, 0.15) is 0 Å². The predicted octanol–water partition coefficient (Wildman–Crippen LogP) is 3.78. The van der Waals surface area contributed by atoms with E-state index in [1.54, 1.807) is 19.2 Å². The average molecular weight is 260 g/mol. The van der Waals surface area contributed by atoms with Crippen LogP contribution in [-0.2, 0) is 0 Å². The number of pyridine rings is 1. The first-order valence-electron chi connectivity index (χ1n) is 6.26. The molecule has 96 valence electrons. The summed E-state index contributed by atoms with van der Waals surface area (Å²) < 4.78 is 5.37. The molecule has 0 N–H and O–H groups in total. The number of benzene rings is 2. The molecule has 2 aromatic carbocycles. The number of nitrogens with zero attached hydrogens (tertiary/aromatic N) is 2. The van der Waals surface area contributed by atoms with E-state index in [9.17, 15) is 0 Å². The van der Waals surface area contributed by atoms with Crippen LogP contribution in [0.5, 0.6) is 5.88 Å². The second-order valence-corrected chi connectivity index (χ2v) is 4.43. The standard InChI is InChI=1S/C17H12N2O/c1-20-17-15-5-3-2-4-14(15)10-16(19-17)13-8-6-12(11-18)7-9-13/h2-10H,1H3. The summed E-state index contributed by atoms with van der Waals surface area (Å²) in [6.45, 7) is 0. The summed E-state index contributed by atoms with van der Waals surface area (Å²) in [5.41, 5.74) is 2.44. The summed E-state index contributed by atoms with van der Waals surface area (Å²) in [6.07, 6.45) is 0. The van der Waals surface area contributed by atoms with Gasteiger partial charge in [0.25, 0.3) is 0 Å². The predicted molar refractivity (Wildman–Crippen MR) is 78.4 cm³/mol. The fourth-order valence-electron chi connectivity index (χ4n) is 2.19. The Balaban J connectivity index is 2.18. The Kier molecular flexibility index (Phi) is 3.06. The van der Waals surface area contributed by atoms with Crippen molar-refractivity contribution in [3.8, 4) is 23.2 Å². The topological polar surface area (TPSA) is 45.9 Å². The molecule has 0 saturated carbocycles. The van der Waals surface area contributed by atoms with E-state index in [0.717, 1.165) is 22.0 Å². The fourth-order valence-corrected chi connectivity index (χ4v) is 2.19. The van der Waals surface area contributed by atoms with Crippen LogP contribution in [-0.4, -0.2) is 12.1 Å². The maximum absolute atomic E-state index is 8.84. The first-order valence-corrected chi connectivity index (χ1v) is 6.26. The van der Waals surface area contributed by atoms with Crippen LogP contribution in [0.2, 0.25) is 0 Å². The summed E-state index contributed by atoms with van der Waals surface area (Å²) in [4.78, 5) is 4.54. The smallest absolute Gasteiger partial charge is 0.221 e. The zero-order chi connectivity index (χ0) is 13.9. The van der Waals surface area contributed by atoms with Gasteiger partial charge in [-0.25, -0.2) is 4.98 Å². The zero-order valence-corrected chi connectivity index (χ0v) is 11.0. The van der Waals surface area contributed by atoms with Crippen molar-refractivity contribution in [2.45, 2.75) is 0 Å². The molecule has 1 aromatic heterocycles. The van der Waals surface area contributed by atoms with Gasteiger partial charge in [-0.3, -0.25) is 0 Å². The number of hydrogen-bond acceptors (Lipinski definition) is 3. The van der Waals surface area contributed by atoms with Crippen molar-refractivity contribution in [3.63, 3.8) is 0 Å². The second-order valence-electron chi connectivity index (χ2n) is 4.43. The Morgan fingerprint density at radius 3 is 2.50 bits per heavy atom. The number of nitriles is 1. The zero-order valence-electron chi connectivity index (χ0n) is 11.0. The van der Waals surface area contributed by atoms with Crippen molar-refractivity contribution in [3.05, 3.63) is 60.2 Å². The first-order chi connectivity index (χ1) is 9.81. The lowest BCUT2D eigenvalue weighted by Gasteiger charge is -2.08. The van der Waals surface area contributed by atoms with Crippen molar-refractivity contribution in [1.29, 1.82) is 5.26 Å². The van der Waals surface area contributed by atoms with E-state index in [-0.39, 0.29) is 0 Å². The van der Waals surface area contributed by atoms with Gasteiger partial charge in [-0.2, -0.15) is 5.26 Å². The minimum absolute atomic E-state index is 0.613. The highest BCUT2D eigenvalue weighted by Crippen LogP contribution is 2.28. The highest BCUT2D eigenvalue weighted by Gasteiger charge is 2.07. The van der Waals surface area contributed by atoms with E-state index < -0.39 is 0 Å². The third-order valence-corrected chi connectivity index (χ3v) is 3.21. The van der Waals surface area contributed by atoms with E-state index in [1.807, 2.05) is 42.5 Å². The molecular formula is C17H12N2O. The Morgan fingerprint density at radius 2 is 1.80 bits per heavy atom. The first kappa shape index (κ1) is 12.2. The number of rotatable bonds is 2. The molecular weight excluding hydrogens is 248 g/mol. The van der Waals surface area contributed by atoms with Gasteiger partial charge < -0.3 is 4.74 Å². The molecule has 0 fully saturated rings. The normalized spacial score (nSPS) is 10.2. The number of methoxy groups -OCH3 is 1. The van der Waals surface area contributed by atoms with Gasteiger partial charge in [0.2, 0.25) is 5.88 Å². The summed E-state index contributed by atoms with van der Waals surface area (Å²) in [7, 11) is 1.62. The van der Waals surface area contributed by atoms with Gasteiger partial charge in [0.05, 0.1) is 24.4 Å². The van der Waals surface area contributed by atoms with Gasteiger partial charge in [-0.05, 0) is 29.7 Å². The molecule has 3 rings (SSSR count). The summed E-state index contributed by atoms with van der Waals surface area (Å²) in [5.74, 6) is 0.613. The minimum Gasteiger partial charge on any atom is -0.481 e. The van der Waals surface area contributed by atoms with Crippen LogP contribution in [0.3, 0.4) is 0 Å². The lowest BCUT2D eigenvalue weighted by molar-refractivity contribution is 0.404. The lowest BCUT2D eigenvalue weighted by Crippen LogP contribution is -1.92. The van der Waals surface area contributed by atoms with Crippen LogP contribution in [0.1, 0.15) is 5.56 Å². The molecule has 0 amide bonds. The molecule has 20 heavy (non-hydrogen) atoms. The molecule has 1 heterocycles. The third-order valence-electron chi connectivity index (χ3n) is 3.21. The molecule has 0 saturated heterocycles. The van der Waals surface area contributed by atoms with Crippen molar-refractivity contribution in [2.75, 3.05) is 7.11 Å². The summed E-state index contributed by atoms with van der Waals surface area (Å²) >= 11 is 0. The van der Waals surface area contributed by atoms with Crippen LogP contribution in [0.25, 0.3) is 22.0 Å². The van der Waals surface area contributed by atoms with Crippen LogP contribution in [0, 0.1) is 11.3 Å². The number of aromatic nitrogens is 1. The average Bonchev–Trinajstić information content (AvgIpc) is 2.54. The van der Waals surface area contributed by atoms with Gasteiger partial charge in [-0.1, -0.05) is 30.3 Å². The van der Waals surface area contributed by atoms with Crippen LogP contribution in [0.15, 0.2) is 54.6 Å². The molecule has 0 aliphatic carbocycles. The molecule has 3 nitrogen and oxygen atoms in total. The lowest BCUT2D eigenvalue weighted by atomic mass is 10.1. The Hall–Kier alpha value is -2.86. The van der Waals surface area contributed by atoms with E-state index in [1.165, 1.54) is 0 Å². The molecule has 0 aliphatic rings.